The van der Waals surface area contributed by atoms with Crippen molar-refractivity contribution >= 4 is 17.9 Å². The van der Waals surface area contributed by atoms with E-state index in [1.165, 1.54) is 12.3 Å². The minimum absolute atomic E-state index is 0.234. The zero-order chi connectivity index (χ0) is 18.1. The van der Waals surface area contributed by atoms with Gasteiger partial charge in [0, 0.05) is 25.2 Å². The van der Waals surface area contributed by atoms with Crippen molar-refractivity contribution in [2.24, 2.45) is 0 Å². The summed E-state index contributed by atoms with van der Waals surface area (Å²) in [6.45, 7) is 0.600. The van der Waals surface area contributed by atoms with E-state index in [0.29, 0.717) is 24.6 Å². The van der Waals surface area contributed by atoms with Crippen LogP contribution in [0.3, 0.4) is 0 Å². The Kier molecular flexibility index (Phi) is 6.65. The monoisotopic (exact) mass is 344 g/mol. The van der Waals surface area contributed by atoms with Crippen molar-refractivity contribution in [2.45, 2.75) is 0 Å². The third-order valence-electron chi connectivity index (χ3n) is 3.26. The smallest absolute Gasteiger partial charge is 0.287 e. The molecule has 2 aromatic rings. The van der Waals surface area contributed by atoms with Crippen LogP contribution >= 0.6 is 0 Å². The van der Waals surface area contributed by atoms with Gasteiger partial charge in [-0.05, 0) is 35.9 Å². The lowest BCUT2D eigenvalue weighted by molar-refractivity contribution is -0.116. The molecule has 1 aromatic heterocycles. The van der Waals surface area contributed by atoms with Gasteiger partial charge in [0.1, 0.15) is 11.5 Å². The van der Waals surface area contributed by atoms with Crippen LogP contribution in [-0.4, -0.2) is 39.1 Å². The molecule has 2 N–H and O–H groups in total. The van der Waals surface area contributed by atoms with Crippen molar-refractivity contribution in [3.8, 4) is 11.5 Å². The minimum Gasteiger partial charge on any atom is -0.497 e. The molecule has 0 bridgehead atoms. The summed E-state index contributed by atoms with van der Waals surface area (Å²) in [7, 11) is 3.12. The fourth-order valence-electron chi connectivity index (χ4n) is 2.01. The molecule has 0 atom stereocenters. The summed E-state index contributed by atoms with van der Waals surface area (Å²) in [4.78, 5) is 23.4. The van der Waals surface area contributed by atoms with Crippen LogP contribution in [0.2, 0.25) is 0 Å². The van der Waals surface area contributed by atoms with Gasteiger partial charge in [-0.1, -0.05) is 0 Å². The molecule has 0 saturated heterocycles. The summed E-state index contributed by atoms with van der Waals surface area (Å²) in [5, 5.41) is 5.32. The highest BCUT2D eigenvalue weighted by atomic mass is 16.5. The highest BCUT2D eigenvalue weighted by molar-refractivity contribution is 5.92. The Labute approximate surface area is 145 Å². The first-order chi connectivity index (χ1) is 12.1. The lowest BCUT2D eigenvalue weighted by atomic mass is 10.2. The summed E-state index contributed by atoms with van der Waals surface area (Å²) < 4.78 is 15.3. The molecule has 7 nitrogen and oxygen atoms in total. The van der Waals surface area contributed by atoms with Gasteiger partial charge in [-0.2, -0.15) is 0 Å². The zero-order valence-electron chi connectivity index (χ0n) is 14.1. The SMILES string of the molecule is COc1cc(/C=C/C(=O)NCCNC(=O)c2ccco2)cc(OC)c1. The number of carbonyl (C=O) groups is 2. The third kappa shape index (κ3) is 5.72. The van der Waals surface area contributed by atoms with E-state index in [2.05, 4.69) is 10.6 Å². The number of carbonyl (C=O) groups excluding carboxylic acids is 2. The number of nitrogens with one attached hydrogen (secondary N) is 2. The van der Waals surface area contributed by atoms with Crippen LogP contribution in [0.5, 0.6) is 11.5 Å². The summed E-state index contributed by atoms with van der Waals surface area (Å²) in [5.74, 6) is 0.922. The first-order valence-corrected chi connectivity index (χ1v) is 7.63. The molecule has 0 unspecified atom stereocenters. The van der Waals surface area contributed by atoms with Crippen LogP contribution in [0.1, 0.15) is 16.1 Å². The van der Waals surface area contributed by atoms with Gasteiger partial charge in [-0.25, -0.2) is 0 Å². The van der Waals surface area contributed by atoms with Crippen LogP contribution in [0.15, 0.2) is 47.1 Å². The van der Waals surface area contributed by atoms with Crippen molar-refractivity contribution in [1.29, 1.82) is 0 Å². The summed E-state index contributed by atoms with van der Waals surface area (Å²) in [6.07, 6.45) is 4.49. The Morgan fingerprint density at radius 1 is 1.08 bits per heavy atom. The van der Waals surface area contributed by atoms with Crippen LogP contribution in [0.4, 0.5) is 0 Å². The lowest BCUT2D eigenvalue weighted by Crippen LogP contribution is -2.33. The van der Waals surface area contributed by atoms with E-state index >= 15 is 0 Å². The van der Waals surface area contributed by atoms with Gasteiger partial charge in [0.15, 0.2) is 5.76 Å². The van der Waals surface area contributed by atoms with E-state index < -0.39 is 0 Å². The molecule has 0 fully saturated rings. The number of hydrogen-bond acceptors (Lipinski definition) is 5. The third-order valence-corrected chi connectivity index (χ3v) is 3.26. The van der Waals surface area contributed by atoms with Crippen LogP contribution in [0.25, 0.3) is 6.08 Å². The van der Waals surface area contributed by atoms with Crippen LogP contribution in [0, 0.1) is 0 Å². The van der Waals surface area contributed by atoms with E-state index in [9.17, 15) is 9.59 Å². The molecule has 25 heavy (non-hydrogen) atoms. The normalized spacial score (nSPS) is 10.5. The molecule has 2 rings (SSSR count). The predicted molar refractivity (Wildman–Crippen MR) is 92.6 cm³/mol. The second-order valence-corrected chi connectivity index (χ2v) is 5.00. The van der Waals surface area contributed by atoms with Crippen molar-refractivity contribution in [3.63, 3.8) is 0 Å². The summed E-state index contributed by atoms with van der Waals surface area (Å²) in [6, 6.07) is 8.53. The highest BCUT2D eigenvalue weighted by Gasteiger charge is 2.06. The summed E-state index contributed by atoms with van der Waals surface area (Å²) >= 11 is 0. The summed E-state index contributed by atoms with van der Waals surface area (Å²) in [5.41, 5.74) is 0.775. The Balaban J connectivity index is 1.78. The molecular weight excluding hydrogens is 324 g/mol. The molecule has 0 aliphatic heterocycles. The van der Waals surface area contributed by atoms with Gasteiger partial charge in [-0.15, -0.1) is 0 Å². The number of hydrogen-bond donors (Lipinski definition) is 2. The second-order valence-electron chi connectivity index (χ2n) is 5.00. The first-order valence-electron chi connectivity index (χ1n) is 7.63. The van der Waals surface area contributed by atoms with E-state index in [-0.39, 0.29) is 17.6 Å². The average molecular weight is 344 g/mol. The number of amides is 2. The molecular formula is C18H20N2O5. The van der Waals surface area contributed by atoms with Gasteiger partial charge in [0.2, 0.25) is 5.91 Å². The number of benzene rings is 1. The lowest BCUT2D eigenvalue weighted by Gasteiger charge is -2.06. The van der Waals surface area contributed by atoms with Crippen LogP contribution < -0.4 is 20.1 Å². The van der Waals surface area contributed by atoms with E-state index in [1.54, 1.807) is 50.6 Å². The standard InChI is InChI=1S/C18H20N2O5/c1-23-14-10-13(11-15(12-14)24-2)5-6-17(21)19-7-8-20-18(22)16-4-3-9-25-16/h3-6,9-12H,7-8H2,1-2H3,(H,19,21)(H,20,22)/b6-5+. The van der Waals surface area contributed by atoms with Gasteiger partial charge in [0.25, 0.3) is 5.91 Å². The Hall–Kier alpha value is -3.22. The predicted octanol–water partition coefficient (Wildman–Crippen LogP) is 1.86. The maximum absolute atomic E-state index is 11.8. The van der Waals surface area contributed by atoms with Crippen LogP contribution in [-0.2, 0) is 4.79 Å². The first kappa shape index (κ1) is 18.1. The zero-order valence-corrected chi connectivity index (χ0v) is 14.1. The fraction of sp³-hybridized carbons (Fsp3) is 0.222. The number of methoxy groups -OCH3 is 2. The van der Waals surface area contributed by atoms with Gasteiger partial charge in [-0.3, -0.25) is 9.59 Å². The maximum Gasteiger partial charge on any atom is 0.287 e. The molecule has 0 saturated carbocycles. The second kappa shape index (κ2) is 9.17. The van der Waals surface area contributed by atoms with Crippen molar-refractivity contribution in [1.82, 2.24) is 10.6 Å². The molecule has 132 valence electrons. The number of ether oxygens (including phenoxy) is 2. The molecule has 0 aliphatic rings. The molecule has 1 aromatic carbocycles. The van der Waals surface area contributed by atoms with E-state index in [4.69, 9.17) is 13.9 Å². The molecule has 0 radical (unpaired) electrons. The van der Waals surface area contributed by atoms with Crippen molar-refractivity contribution < 1.29 is 23.5 Å². The van der Waals surface area contributed by atoms with Gasteiger partial charge < -0.3 is 24.5 Å². The molecule has 2 amide bonds. The maximum atomic E-state index is 11.8. The van der Waals surface area contributed by atoms with Crippen molar-refractivity contribution in [3.05, 3.63) is 54.0 Å². The van der Waals surface area contributed by atoms with E-state index in [1.807, 2.05) is 0 Å². The van der Waals surface area contributed by atoms with Gasteiger partial charge in [0.05, 0.1) is 20.5 Å². The molecule has 0 spiro atoms. The largest absolute Gasteiger partial charge is 0.497 e. The average Bonchev–Trinajstić information content (AvgIpc) is 3.17. The fourth-order valence-corrected chi connectivity index (χ4v) is 2.01. The quantitative estimate of drug-likeness (QED) is 0.563. The number of furan rings is 1. The van der Waals surface area contributed by atoms with Gasteiger partial charge >= 0.3 is 0 Å². The topological polar surface area (TPSA) is 89.8 Å². The Morgan fingerprint density at radius 2 is 1.76 bits per heavy atom. The Bertz CT molecular complexity index is 716. The highest BCUT2D eigenvalue weighted by Crippen LogP contribution is 2.23. The molecule has 1 heterocycles. The minimum atomic E-state index is -0.321. The molecule has 0 aliphatic carbocycles. The Morgan fingerprint density at radius 3 is 2.36 bits per heavy atom. The number of rotatable bonds is 8. The van der Waals surface area contributed by atoms with E-state index in [0.717, 1.165) is 5.56 Å². The van der Waals surface area contributed by atoms with Crippen molar-refractivity contribution in [2.75, 3.05) is 27.3 Å². The molecule has 7 heteroatoms.